The number of hydrogen-bond donors (Lipinski definition) is 1. The highest BCUT2D eigenvalue weighted by Crippen LogP contribution is 2.32. The van der Waals surface area contributed by atoms with Gasteiger partial charge in [0.05, 0.1) is 17.4 Å². The first-order chi connectivity index (χ1) is 16.7. The van der Waals surface area contributed by atoms with Gasteiger partial charge in [-0.2, -0.15) is 5.10 Å². The summed E-state index contributed by atoms with van der Waals surface area (Å²) in [4.78, 5) is 9.20. The smallest absolute Gasteiger partial charge is 0.164 e. The largest absolute Gasteiger partial charge is 0.334 e. The Balaban J connectivity index is 1.72. The summed E-state index contributed by atoms with van der Waals surface area (Å²) in [6.45, 7) is 0.512. The van der Waals surface area contributed by atoms with E-state index in [1.807, 2.05) is 54.2 Å². The summed E-state index contributed by atoms with van der Waals surface area (Å²) >= 11 is 0. The first-order valence-electron chi connectivity index (χ1n) is 11.1. The zero-order valence-corrected chi connectivity index (χ0v) is 18.8. The number of benzene rings is 2. The van der Waals surface area contributed by atoms with Crippen molar-refractivity contribution in [3.63, 3.8) is 0 Å². The van der Waals surface area contributed by atoms with Crippen molar-refractivity contribution in [3.05, 3.63) is 114 Å². The maximum atomic E-state index is 5.80. The fourth-order valence-corrected chi connectivity index (χ4v) is 3.86. The molecule has 0 radical (unpaired) electrons. The standard InChI is InChI=1S/C28H24N6/c1-34-15-13-26-25(28(34)33-31-19-21-6-5-14-30-18-21)16-24(22-7-3-2-4-8-22)27(32-26)23-11-9-20(17-29)10-12-23/h2-16,18-19H,17,29H2,1H3/b31-19+,33-28-. The molecule has 0 unspecified atom stereocenters. The molecule has 6 heteroatoms. The molecule has 0 spiro atoms. The van der Waals surface area contributed by atoms with Crippen molar-refractivity contribution in [1.29, 1.82) is 0 Å². The maximum Gasteiger partial charge on any atom is 0.164 e. The zero-order valence-electron chi connectivity index (χ0n) is 18.8. The van der Waals surface area contributed by atoms with Crippen LogP contribution < -0.4 is 11.2 Å². The van der Waals surface area contributed by atoms with Gasteiger partial charge in [0.1, 0.15) is 0 Å². The van der Waals surface area contributed by atoms with Crippen LogP contribution in [0.2, 0.25) is 0 Å². The highest BCUT2D eigenvalue weighted by atomic mass is 15.2. The van der Waals surface area contributed by atoms with Gasteiger partial charge in [-0.25, -0.2) is 4.98 Å². The Hall–Kier alpha value is -4.42. The molecule has 0 aliphatic carbocycles. The zero-order chi connectivity index (χ0) is 23.3. The summed E-state index contributed by atoms with van der Waals surface area (Å²) in [5.74, 6) is 0. The van der Waals surface area contributed by atoms with Crippen molar-refractivity contribution >= 4 is 17.1 Å². The van der Waals surface area contributed by atoms with Crippen LogP contribution in [0.5, 0.6) is 0 Å². The predicted molar refractivity (Wildman–Crippen MR) is 137 cm³/mol. The second-order valence-electron chi connectivity index (χ2n) is 7.97. The van der Waals surface area contributed by atoms with E-state index in [4.69, 9.17) is 10.7 Å². The van der Waals surface area contributed by atoms with Gasteiger partial charge in [-0.05, 0) is 29.3 Å². The first kappa shape index (κ1) is 21.4. The topological polar surface area (TPSA) is 81.5 Å². The maximum absolute atomic E-state index is 5.80. The van der Waals surface area contributed by atoms with Gasteiger partial charge >= 0.3 is 0 Å². The van der Waals surface area contributed by atoms with Gasteiger partial charge in [-0.1, -0.05) is 60.7 Å². The average molecular weight is 445 g/mol. The van der Waals surface area contributed by atoms with E-state index >= 15 is 0 Å². The van der Waals surface area contributed by atoms with Gasteiger partial charge in [0.25, 0.3) is 0 Å². The molecule has 3 aromatic heterocycles. The Morgan fingerprint density at radius 3 is 2.50 bits per heavy atom. The summed E-state index contributed by atoms with van der Waals surface area (Å²) in [7, 11) is 1.96. The summed E-state index contributed by atoms with van der Waals surface area (Å²) in [5, 5.41) is 9.79. The van der Waals surface area contributed by atoms with Crippen molar-refractivity contribution in [3.8, 4) is 22.4 Å². The average Bonchev–Trinajstić information content (AvgIpc) is 2.90. The number of fused-ring (bicyclic) bond motifs is 1. The van der Waals surface area contributed by atoms with Gasteiger partial charge in [-0.3, -0.25) is 4.98 Å². The number of rotatable bonds is 5. The van der Waals surface area contributed by atoms with Crippen molar-refractivity contribution in [2.45, 2.75) is 6.54 Å². The monoisotopic (exact) mass is 444 g/mol. The molecule has 2 N–H and O–H groups in total. The normalized spacial score (nSPS) is 12.0. The molecule has 3 heterocycles. The lowest BCUT2D eigenvalue weighted by atomic mass is 9.97. The highest BCUT2D eigenvalue weighted by molar-refractivity contribution is 5.91. The third kappa shape index (κ3) is 4.40. The van der Waals surface area contributed by atoms with Crippen LogP contribution in [0.4, 0.5) is 0 Å². The Labute approximate surface area is 197 Å². The second-order valence-corrected chi connectivity index (χ2v) is 7.97. The van der Waals surface area contributed by atoms with Gasteiger partial charge in [0.2, 0.25) is 0 Å². The van der Waals surface area contributed by atoms with Gasteiger partial charge < -0.3 is 10.3 Å². The van der Waals surface area contributed by atoms with Gasteiger partial charge in [0.15, 0.2) is 5.49 Å². The van der Waals surface area contributed by atoms with Gasteiger partial charge in [-0.15, -0.1) is 5.10 Å². The minimum atomic E-state index is 0.512. The van der Waals surface area contributed by atoms with Crippen LogP contribution in [0.1, 0.15) is 11.1 Å². The second kappa shape index (κ2) is 9.60. The molecular weight excluding hydrogens is 420 g/mol. The molecule has 5 aromatic rings. The molecule has 6 nitrogen and oxygen atoms in total. The molecule has 0 saturated heterocycles. The molecule has 0 aliphatic heterocycles. The minimum absolute atomic E-state index is 0.512. The van der Waals surface area contributed by atoms with Crippen LogP contribution in [0.25, 0.3) is 33.3 Å². The molecule has 34 heavy (non-hydrogen) atoms. The van der Waals surface area contributed by atoms with Crippen molar-refractivity contribution in [2.75, 3.05) is 0 Å². The quantitative estimate of drug-likeness (QED) is 0.315. The van der Waals surface area contributed by atoms with E-state index in [-0.39, 0.29) is 0 Å². The summed E-state index contributed by atoms with van der Waals surface area (Å²) in [6, 6.07) is 26.5. The molecule has 5 rings (SSSR count). The number of pyridine rings is 3. The Morgan fingerprint density at radius 1 is 0.941 bits per heavy atom. The molecule has 2 aromatic carbocycles. The number of hydrogen-bond acceptors (Lipinski definition) is 5. The van der Waals surface area contributed by atoms with Crippen molar-refractivity contribution < 1.29 is 0 Å². The molecule has 0 bridgehead atoms. The van der Waals surface area contributed by atoms with E-state index in [1.54, 1.807) is 18.6 Å². The van der Waals surface area contributed by atoms with Crippen molar-refractivity contribution in [1.82, 2.24) is 14.5 Å². The lowest BCUT2D eigenvalue weighted by Crippen LogP contribution is -2.18. The van der Waals surface area contributed by atoms with E-state index in [0.717, 1.165) is 49.9 Å². The van der Waals surface area contributed by atoms with Crippen LogP contribution in [-0.2, 0) is 13.6 Å². The Morgan fingerprint density at radius 2 is 1.76 bits per heavy atom. The summed E-state index contributed by atoms with van der Waals surface area (Å²) < 4.78 is 1.95. The van der Waals surface area contributed by atoms with E-state index in [2.05, 4.69) is 57.7 Å². The van der Waals surface area contributed by atoms with Crippen molar-refractivity contribution in [2.24, 2.45) is 23.0 Å². The van der Waals surface area contributed by atoms with Crippen LogP contribution in [-0.4, -0.2) is 20.7 Å². The fraction of sp³-hybridized carbons (Fsp3) is 0.0714. The minimum Gasteiger partial charge on any atom is -0.334 e. The molecule has 0 amide bonds. The molecular formula is C28H24N6. The molecule has 0 aliphatic rings. The highest BCUT2D eigenvalue weighted by Gasteiger charge is 2.13. The fourth-order valence-electron chi connectivity index (χ4n) is 3.86. The molecule has 166 valence electrons. The van der Waals surface area contributed by atoms with E-state index in [9.17, 15) is 0 Å². The summed E-state index contributed by atoms with van der Waals surface area (Å²) in [6.07, 6.45) is 7.14. The van der Waals surface area contributed by atoms with Crippen LogP contribution in [0.3, 0.4) is 0 Å². The van der Waals surface area contributed by atoms with Gasteiger partial charge in [0, 0.05) is 54.3 Å². The third-order valence-electron chi connectivity index (χ3n) is 5.67. The van der Waals surface area contributed by atoms with E-state index in [0.29, 0.717) is 6.54 Å². The van der Waals surface area contributed by atoms with Crippen LogP contribution in [0, 0.1) is 0 Å². The van der Waals surface area contributed by atoms with E-state index in [1.165, 1.54) is 0 Å². The van der Waals surface area contributed by atoms with Crippen LogP contribution >= 0.6 is 0 Å². The Kier molecular flexibility index (Phi) is 6.05. The lowest BCUT2D eigenvalue weighted by molar-refractivity contribution is 0.829. The Bertz CT molecular complexity index is 1520. The number of aryl methyl sites for hydroxylation is 1. The first-order valence-corrected chi connectivity index (χ1v) is 11.1. The SMILES string of the molecule is Cn1ccc2nc(-c3ccc(CN)cc3)c(-c3ccccc3)cc2/c1=N/N=C/c1cccnc1. The van der Waals surface area contributed by atoms with Crippen LogP contribution in [0.15, 0.2) is 108 Å². The third-order valence-corrected chi connectivity index (χ3v) is 5.67. The van der Waals surface area contributed by atoms with E-state index < -0.39 is 0 Å². The number of nitrogens with zero attached hydrogens (tertiary/aromatic N) is 5. The predicted octanol–water partition coefficient (Wildman–Crippen LogP) is 4.70. The molecule has 0 saturated carbocycles. The molecule has 0 atom stereocenters. The lowest BCUT2D eigenvalue weighted by Gasteiger charge is -2.13. The summed E-state index contributed by atoms with van der Waals surface area (Å²) in [5.41, 5.74) is 13.4. The number of aromatic nitrogens is 3. The molecule has 0 fully saturated rings. The number of nitrogens with two attached hydrogens (primary N) is 1.